The maximum absolute atomic E-state index is 12.4. The van der Waals surface area contributed by atoms with Gasteiger partial charge in [-0.2, -0.15) is 0 Å². The average molecular weight is 401 g/mol. The largest absolute Gasteiger partial charge is 0.496 e. The standard InChI is InChI=1S/C21H23NO7/c1-26-16-10-7-11-17(27-2)19(16)21(25)29-13-18(23)22-15(20(24)28-3)12-14-8-5-4-6-9-14/h4-11,15H,12-13H2,1-3H3,(H,22,23)/t15-/m0/s1. The third-order valence-electron chi connectivity index (χ3n) is 4.07. The van der Waals surface area contributed by atoms with Crippen LogP contribution in [0, 0.1) is 0 Å². The second-order valence-electron chi connectivity index (χ2n) is 5.95. The maximum atomic E-state index is 12.4. The fraction of sp³-hybridized carbons (Fsp3) is 0.286. The van der Waals surface area contributed by atoms with Gasteiger partial charge in [-0.3, -0.25) is 4.79 Å². The number of hydrogen-bond acceptors (Lipinski definition) is 7. The zero-order valence-electron chi connectivity index (χ0n) is 16.5. The highest BCUT2D eigenvalue weighted by Crippen LogP contribution is 2.28. The lowest BCUT2D eigenvalue weighted by Crippen LogP contribution is -2.44. The Kier molecular flexibility index (Phi) is 8.02. The summed E-state index contributed by atoms with van der Waals surface area (Å²) in [7, 11) is 4.05. The van der Waals surface area contributed by atoms with E-state index < -0.39 is 30.5 Å². The van der Waals surface area contributed by atoms with Crippen LogP contribution in [0.25, 0.3) is 0 Å². The minimum Gasteiger partial charge on any atom is -0.496 e. The number of ether oxygens (including phenoxy) is 4. The Morgan fingerprint density at radius 2 is 1.52 bits per heavy atom. The predicted molar refractivity (Wildman–Crippen MR) is 104 cm³/mol. The van der Waals surface area contributed by atoms with Crippen LogP contribution in [0.3, 0.4) is 0 Å². The van der Waals surface area contributed by atoms with E-state index in [1.807, 2.05) is 30.3 Å². The van der Waals surface area contributed by atoms with Crippen LogP contribution in [0.4, 0.5) is 0 Å². The number of benzene rings is 2. The van der Waals surface area contributed by atoms with Crippen molar-refractivity contribution in [1.29, 1.82) is 0 Å². The SMILES string of the molecule is COC(=O)[C@H](Cc1ccccc1)NC(=O)COC(=O)c1c(OC)cccc1OC. The molecule has 0 saturated heterocycles. The molecule has 0 bridgehead atoms. The molecule has 0 unspecified atom stereocenters. The number of amides is 1. The summed E-state index contributed by atoms with van der Waals surface area (Å²) in [5.74, 6) is -1.51. The number of nitrogens with one attached hydrogen (secondary N) is 1. The molecule has 0 heterocycles. The van der Waals surface area contributed by atoms with Crippen LogP contribution in [-0.4, -0.2) is 51.8 Å². The Hall–Kier alpha value is -3.55. The predicted octanol–water partition coefficient (Wildman–Crippen LogP) is 1.76. The molecule has 0 radical (unpaired) electrons. The molecule has 0 aromatic heterocycles. The zero-order chi connectivity index (χ0) is 21.2. The molecule has 0 aliphatic rings. The summed E-state index contributed by atoms with van der Waals surface area (Å²) in [6.07, 6.45) is 0.244. The van der Waals surface area contributed by atoms with E-state index in [0.29, 0.717) is 0 Å². The number of esters is 2. The first-order valence-electron chi connectivity index (χ1n) is 8.79. The Labute approximate surface area is 168 Å². The molecule has 0 fully saturated rings. The summed E-state index contributed by atoms with van der Waals surface area (Å²) in [4.78, 5) is 36.7. The Balaban J connectivity index is 2.02. The molecular formula is C21H23NO7. The van der Waals surface area contributed by atoms with Gasteiger partial charge in [0.15, 0.2) is 6.61 Å². The van der Waals surface area contributed by atoms with Gasteiger partial charge in [0.1, 0.15) is 23.1 Å². The quantitative estimate of drug-likeness (QED) is 0.639. The number of rotatable bonds is 9. The van der Waals surface area contributed by atoms with Crippen molar-refractivity contribution in [2.45, 2.75) is 12.5 Å². The molecule has 1 N–H and O–H groups in total. The van der Waals surface area contributed by atoms with Gasteiger partial charge in [-0.1, -0.05) is 36.4 Å². The van der Waals surface area contributed by atoms with Gasteiger partial charge in [-0.25, -0.2) is 9.59 Å². The molecule has 2 aromatic rings. The molecule has 8 heteroatoms. The summed E-state index contributed by atoms with van der Waals surface area (Å²) in [5, 5.41) is 2.53. The molecule has 0 aliphatic carbocycles. The molecule has 1 atom stereocenters. The van der Waals surface area contributed by atoms with Crippen molar-refractivity contribution in [3.63, 3.8) is 0 Å². The first-order valence-corrected chi connectivity index (χ1v) is 8.79. The van der Waals surface area contributed by atoms with Crippen molar-refractivity contribution >= 4 is 17.8 Å². The molecule has 2 rings (SSSR count). The van der Waals surface area contributed by atoms with Gasteiger partial charge in [0.25, 0.3) is 5.91 Å². The number of methoxy groups -OCH3 is 3. The van der Waals surface area contributed by atoms with Crippen LogP contribution in [0.5, 0.6) is 11.5 Å². The van der Waals surface area contributed by atoms with Gasteiger partial charge >= 0.3 is 11.9 Å². The van der Waals surface area contributed by atoms with Crippen molar-refractivity contribution in [1.82, 2.24) is 5.32 Å². The zero-order valence-corrected chi connectivity index (χ0v) is 16.5. The monoisotopic (exact) mass is 401 g/mol. The smallest absolute Gasteiger partial charge is 0.346 e. The van der Waals surface area contributed by atoms with Crippen molar-refractivity contribution in [2.75, 3.05) is 27.9 Å². The van der Waals surface area contributed by atoms with Gasteiger partial charge in [0.2, 0.25) is 0 Å². The first kappa shape index (κ1) is 21.7. The molecule has 0 spiro atoms. The molecular weight excluding hydrogens is 378 g/mol. The van der Waals surface area contributed by atoms with Gasteiger partial charge in [0, 0.05) is 6.42 Å². The minimum atomic E-state index is -0.908. The summed E-state index contributed by atoms with van der Waals surface area (Å²) in [6, 6.07) is 13.1. The highest BCUT2D eigenvalue weighted by molar-refractivity contribution is 5.97. The lowest BCUT2D eigenvalue weighted by molar-refractivity contribution is -0.145. The van der Waals surface area contributed by atoms with Gasteiger partial charge < -0.3 is 24.3 Å². The highest BCUT2D eigenvalue weighted by Gasteiger charge is 2.24. The van der Waals surface area contributed by atoms with Crippen molar-refractivity contribution < 1.29 is 33.3 Å². The maximum Gasteiger partial charge on any atom is 0.346 e. The van der Waals surface area contributed by atoms with E-state index in [1.165, 1.54) is 21.3 Å². The molecule has 0 saturated carbocycles. The Bertz CT molecular complexity index is 829. The van der Waals surface area contributed by atoms with E-state index in [4.69, 9.17) is 18.9 Å². The van der Waals surface area contributed by atoms with Gasteiger partial charge in [0.05, 0.1) is 21.3 Å². The van der Waals surface area contributed by atoms with E-state index in [9.17, 15) is 14.4 Å². The van der Waals surface area contributed by atoms with E-state index in [-0.39, 0.29) is 23.5 Å². The van der Waals surface area contributed by atoms with E-state index in [2.05, 4.69) is 5.32 Å². The van der Waals surface area contributed by atoms with E-state index >= 15 is 0 Å². The highest BCUT2D eigenvalue weighted by atomic mass is 16.5. The minimum absolute atomic E-state index is 0.0686. The fourth-order valence-corrected chi connectivity index (χ4v) is 2.68. The van der Waals surface area contributed by atoms with Gasteiger partial charge in [-0.15, -0.1) is 0 Å². The third kappa shape index (κ3) is 5.97. The molecule has 0 aliphatic heterocycles. The lowest BCUT2D eigenvalue weighted by Gasteiger charge is -2.17. The second-order valence-corrected chi connectivity index (χ2v) is 5.95. The summed E-state index contributed by atoms with van der Waals surface area (Å²) in [5.41, 5.74) is 0.915. The molecule has 8 nitrogen and oxygen atoms in total. The molecule has 1 amide bonds. The first-order chi connectivity index (χ1) is 14.0. The number of carbonyl (C=O) groups excluding carboxylic acids is 3. The van der Waals surface area contributed by atoms with Crippen molar-refractivity contribution in [2.24, 2.45) is 0 Å². The van der Waals surface area contributed by atoms with E-state index in [1.54, 1.807) is 18.2 Å². The molecule has 29 heavy (non-hydrogen) atoms. The summed E-state index contributed by atoms with van der Waals surface area (Å²) in [6.45, 7) is -0.581. The van der Waals surface area contributed by atoms with Crippen LogP contribution in [0.2, 0.25) is 0 Å². The van der Waals surface area contributed by atoms with Gasteiger partial charge in [-0.05, 0) is 17.7 Å². The average Bonchev–Trinajstić information content (AvgIpc) is 2.76. The summed E-state index contributed by atoms with van der Waals surface area (Å²) >= 11 is 0. The van der Waals surface area contributed by atoms with Crippen LogP contribution >= 0.6 is 0 Å². The Morgan fingerprint density at radius 1 is 0.897 bits per heavy atom. The van der Waals surface area contributed by atoms with Crippen LogP contribution in [0.15, 0.2) is 48.5 Å². The number of hydrogen-bond donors (Lipinski definition) is 1. The third-order valence-corrected chi connectivity index (χ3v) is 4.07. The van der Waals surface area contributed by atoms with Crippen LogP contribution < -0.4 is 14.8 Å². The second kappa shape index (κ2) is 10.7. The normalized spacial score (nSPS) is 11.1. The Morgan fingerprint density at radius 3 is 2.07 bits per heavy atom. The van der Waals surface area contributed by atoms with Crippen molar-refractivity contribution in [3.05, 3.63) is 59.7 Å². The topological polar surface area (TPSA) is 100 Å². The fourth-order valence-electron chi connectivity index (χ4n) is 2.68. The summed E-state index contributed by atoms with van der Waals surface area (Å²) < 4.78 is 20.1. The molecule has 154 valence electrons. The molecule has 2 aromatic carbocycles. The van der Waals surface area contributed by atoms with E-state index in [0.717, 1.165) is 5.56 Å². The van der Waals surface area contributed by atoms with Crippen molar-refractivity contribution in [3.8, 4) is 11.5 Å². The van der Waals surface area contributed by atoms with Crippen LogP contribution in [-0.2, 0) is 25.5 Å². The number of carbonyl (C=O) groups is 3. The lowest BCUT2D eigenvalue weighted by atomic mass is 10.1. The van der Waals surface area contributed by atoms with Crippen LogP contribution in [0.1, 0.15) is 15.9 Å².